The zero-order valence-electron chi connectivity index (χ0n) is 17.0. The van der Waals surface area contributed by atoms with E-state index in [1.165, 1.54) is 12.3 Å². The van der Waals surface area contributed by atoms with Crippen LogP contribution in [0.1, 0.15) is 37.2 Å². The maximum absolute atomic E-state index is 12.7. The maximum Gasteiger partial charge on any atom is 0.356 e. The van der Waals surface area contributed by atoms with Gasteiger partial charge in [0, 0.05) is 31.7 Å². The van der Waals surface area contributed by atoms with Crippen molar-refractivity contribution >= 4 is 17.7 Å². The SMILES string of the molecule is C/C=C(O[C@H]1C[C@@H]2CN(C(=O)n3ccc(C(=O)O)n3)C[C@@H]2C1)\C(=C/C)n1cccn1. The molecule has 1 N–H and O–H groups in total. The molecule has 9 heteroatoms. The summed E-state index contributed by atoms with van der Waals surface area (Å²) in [5.74, 6) is 0.391. The van der Waals surface area contributed by atoms with Crippen LogP contribution in [0.5, 0.6) is 0 Å². The van der Waals surface area contributed by atoms with E-state index in [1.807, 2.05) is 38.3 Å². The summed E-state index contributed by atoms with van der Waals surface area (Å²) in [5, 5.41) is 17.1. The van der Waals surface area contributed by atoms with Gasteiger partial charge in [0.2, 0.25) is 0 Å². The number of carbonyl (C=O) groups excluding carboxylic acids is 1. The lowest BCUT2D eigenvalue weighted by atomic mass is 10.0. The van der Waals surface area contributed by atoms with Crippen molar-refractivity contribution in [3.63, 3.8) is 0 Å². The Morgan fingerprint density at radius 2 is 1.87 bits per heavy atom. The standard InChI is InChI=1S/C21H25N5O4/c1-3-18(25-8-5-7-22-25)19(4-2)30-16-10-14-12-24(13-15(14)11-16)21(29)26-9-6-17(23-26)20(27)28/h3-9,14-16H,10-13H2,1-2H3,(H,27,28)/b18-3+,19-4+/t14-,15+,16+. The summed E-state index contributed by atoms with van der Waals surface area (Å²) in [6, 6.07) is 2.93. The molecule has 1 saturated heterocycles. The summed E-state index contributed by atoms with van der Waals surface area (Å²) in [6.45, 7) is 5.18. The Bertz CT molecular complexity index is 977. The fourth-order valence-corrected chi connectivity index (χ4v) is 4.44. The molecule has 30 heavy (non-hydrogen) atoms. The molecule has 2 aliphatic rings. The summed E-state index contributed by atoms with van der Waals surface area (Å²) >= 11 is 0. The predicted molar refractivity (Wildman–Crippen MR) is 109 cm³/mol. The van der Waals surface area contributed by atoms with E-state index in [0.717, 1.165) is 29.0 Å². The van der Waals surface area contributed by atoms with E-state index in [1.54, 1.807) is 15.8 Å². The number of hydrogen-bond acceptors (Lipinski definition) is 5. The van der Waals surface area contributed by atoms with Crippen LogP contribution in [-0.4, -0.2) is 60.8 Å². The molecular weight excluding hydrogens is 386 g/mol. The van der Waals surface area contributed by atoms with Gasteiger partial charge in [-0.2, -0.15) is 14.9 Å². The van der Waals surface area contributed by atoms with Crippen molar-refractivity contribution in [2.75, 3.05) is 13.1 Å². The summed E-state index contributed by atoms with van der Waals surface area (Å²) in [5.41, 5.74) is 0.774. The second-order valence-corrected chi connectivity index (χ2v) is 7.65. The molecular formula is C21H25N5O4. The summed E-state index contributed by atoms with van der Waals surface area (Å²) in [6.07, 6.45) is 10.8. The molecule has 1 amide bonds. The number of carbonyl (C=O) groups is 2. The van der Waals surface area contributed by atoms with Crippen LogP contribution < -0.4 is 0 Å². The molecule has 2 aromatic heterocycles. The van der Waals surface area contributed by atoms with E-state index in [4.69, 9.17) is 9.84 Å². The highest BCUT2D eigenvalue weighted by molar-refractivity contribution is 5.86. The molecule has 3 atom stereocenters. The number of likely N-dealkylation sites (tertiary alicyclic amines) is 1. The second-order valence-electron chi connectivity index (χ2n) is 7.65. The second kappa shape index (κ2) is 8.17. The molecule has 158 valence electrons. The van der Waals surface area contributed by atoms with E-state index >= 15 is 0 Å². The van der Waals surface area contributed by atoms with Crippen molar-refractivity contribution in [1.29, 1.82) is 0 Å². The maximum atomic E-state index is 12.7. The summed E-state index contributed by atoms with van der Waals surface area (Å²) < 4.78 is 9.23. The molecule has 0 spiro atoms. The van der Waals surface area contributed by atoms with E-state index in [-0.39, 0.29) is 17.8 Å². The Balaban J connectivity index is 1.36. The van der Waals surface area contributed by atoms with Crippen molar-refractivity contribution < 1.29 is 19.4 Å². The number of rotatable bonds is 5. The molecule has 0 radical (unpaired) electrons. The van der Waals surface area contributed by atoms with Crippen molar-refractivity contribution in [3.05, 3.63) is 54.3 Å². The molecule has 3 heterocycles. The van der Waals surface area contributed by atoms with Gasteiger partial charge in [0.15, 0.2) is 5.69 Å². The van der Waals surface area contributed by atoms with E-state index < -0.39 is 5.97 Å². The first kappa shape index (κ1) is 19.9. The van der Waals surface area contributed by atoms with Crippen molar-refractivity contribution in [2.45, 2.75) is 32.8 Å². The van der Waals surface area contributed by atoms with Crippen LogP contribution in [0.15, 0.2) is 48.6 Å². The number of carboxylic acid groups (broad SMARTS) is 1. The van der Waals surface area contributed by atoms with Gasteiger partial charge in [-0.1, -0.05) is 6.08 Å². The first-order chi connectivity index (χ1) is 14.5. The van der Waals surface area contributed by atoms with Gasteiger partial charge in [-0.15, -0.1) is 0 Å². The number of nitrogens with zero attached hydrogens (tertiary/aromatic N) is 5. The fraction of sp³-hybridized carbons (Fsp3) is 0.429. The third-order valence-corrected chi connectivity index (χ3v) is 5.82. The number of aromatic nitrogens is 4. The average Bonchev–Trinajstić information content (AvgIpc) is 3.50. The molecule has 9 nitrogen and oxygen atoms in total. The van der Waals surface area contributed by atoms with E-state index in [0.29, 0.717) is 24.9 Å². The highest BCUT2D eigenvalue weighted by Crippen LogP contribution is 2.41. The first-order valence-corrected chi connectivity index (χ1v) is 10.1. The first-order valence-electron chi connectivity index (χ1n) is 10.1. The van der Waals surface area contributed by atoms with E-state index in [9.17, 15) is 9.59 Å². The van der Waals surface area contributed by atoms with Crippen LogP contribution in [0.4, 0.5) is 4.79 Å². The van der Waals surface area contributed by atoms with Crippen LogP contribution in [0.25, 0.3) is 5.70 Å². The molecule has 4 rings (SSSR count). The van der Waals surface area contributed by atoms with Gasteiger partial charge in [-0.25, -0.2) is 14.3 Å². The lowest BCUT2D eigenvalue weighted by Gasteiger charge is -2.22. The number of allylic oxidation sites excluding steroid dienone is 3. The Hall–Kier alpha value is -3.36. The molecule has 0 aromatic carbocycles. The fourth-order valence-electron chi connectivity index (χ4n) is 4.44. The lowest BCUT2D eigenvalue weighted by molar-refractivity contribution is 0.0689. The normalized spacial score (nSPS) is 24.2. The number of carboxylic acids is 1. The van der Waals surface area contributed by atoms with Crippen LogP contribution in [0.2, 0.25) is 0 Å². The number of hydrogen-bond donors (Lipinski definition) is 1. The topological polar surface area (TPSA) is 102 Å². The van der Waals surface area contributed by atoms with Gasteiger partial charge in [0.25, 0.3) is 0 Å². The molecule has 2 fully saturated rings. The van der Waals surface area contributed by atoms with Crippen molar-refractivity contribution in [1.82, 2.24) is 24.5 Å². The number of fused-ring (bicyclic) bond motifs is 1. The van der Waals surface area contributed by atoms with Crippen LogP contribution >= 0.6 is 0 Å². The van der Waals surface area contributed by atoms with E-state index in [2.05, 4.69) is 10.2 Å². The molecule has 1 saturated carbocycles. The zero-order valence-corrected chi connectivity index (χ0v) is 17.0. The molecule has 2 aromatic rings. The summed E-state index contributed by atoms with van der Waals surface area (Å²) in [4.78, 5) is 25.4. The Morgan fingerprint density at radius 3 is 2.40 bits per heavy atom. The van der Waals surface area contributed by atoms with Gasteiger partial charge in [-0.05, 0) is 56.7 Å². The Kier molecular flexibility index (Phi) is 5.43. The Labute approximate surface area is 174 Å². The van der Waals surface area contributed by atoms with Crippen LogP contribution in [-0.2, 0) is 4.74 Å². The molecule has 1 aliphatic heterocycles. The Morgan fingerprint density at radius 1 is 1.13 bits per heavy atom. The zero-order chi connectivity index (χ0) is 21.3. The number of ether oxygens (including phenoxy) is 1. The van der Waals surface area contributed by atoms with Crippen LogP contribution in [0, 0.1) is 11.8 Å². The van der Waals surface area contributed by atoms with Gasteiger partial charge < -0.3 is 14.7 Å². The smallest absolute Gasteiger partial charge is 0.356 e. The third kappa shape index (κ3) is 3.74. The highest BCUT2D eigenvalue weighted by atomic mass is 16.5. The minimum Gasteiger partial charge on any atom is -0.489 e. The van der Waals surface area contributed by atoms with Gasteiger partial charge in [0.1, 0.15) is 11.5 Å². The summed E-state index contributed by atoms with van der Waals surface area (Å²) in [7, 11) is 0. The monoisotopic (exact) mass is 411 g/mol. The lowest BCUT2D eigenvalue weighted by Crippen LogP contribution is -2.34. The van der Waals surface area contributed by atoms with Crippen LogP contribution in [0.3, 0.4) is 0 Å². The van der Waals surface area contributed by atoms with Gasteiger partial charge >= 0.3 is 12.0 Å². The van der Waals surface area contributed by atoms with Crippen molar-refractivity contribution in [2.24, 2.45) is 11.8 Å². The van der Waals surface area contributed by atoms with Gasteiger partial charge in [0.05, 0.1) is 6.10 Å². The quantitative estimate of drug-likeness (QED) is 0.599. The highest BCUT2D eigenvalue weighted by Gasteiger charge is 2.44. The molecule has 1 aliphatic carbocycles. The largest absolute Gasteiger partial charge is 0.489 e. The number of aromatic carboxylic acids is 1. The number of amides is 1. The molecule has 0 bridgehead atoms. The molecule has 0 unspecified atom stereocenters. The average molecular weight is 411 g/mol. The minimum absolute atomic E-state index is 0.0947. The van der Waals surface area contributed by atoms with Gasteiger partial charge in [-0.3, -0.25) is 0 Å². The minimum atomic E-state index is -1.14. The third-order valence-electron chi connectivity index (χ3n) is 5.82. The van der Waals surface area contributed by atoms with Crippen molar-refractivity contribution in [3.8, 4) is 0 Å². The predicted octanol–water partition coefficient (Wildman–Crippen LogP) is 2.94.